The predicted molar refractivity (Wildman–Crippen MR) is 63.8 cm³/mol. The van der Waals surface area contributed by atoms with E-state index in [1.165, 1.54) is 12.3 Å². The van der Waals surface area contributed by atoms with Crippen molar-refractivity contribution in [2.75, 3.05) is 12.3 Å². The van der Waals surface area contributed by atoms with Crippen molar-refractivity contribution in [2.24, 2.45) is 0 Å². The molecule has 1 aromatic rings. The summed E-state index contributed by atoms with van der Waals surface area (Å²) < 4.78 is 14.7. The van der Waals surface area contributed by atoms with Crippen LogP contribution in [0.5, 0.6) is 0 Å². The summed E-state index contributed by atoms with van der Waals surface area (Å²) >= 11 is 0. The summed E-state index contributed by atoms with van der Waals surface area (Å²) in [6, 6.07) is 0.342. The molecule has 1 aliphatic carbocycles. The molecule has 2 rings (SSSR count). The zero-order chi connectivity index (χ0) is 14.2. The summed E-state index contributed by atoms with van der Waals surface area (Å²) in [5, 5.41) is 28.6. The van der Waals surface area contributed by atoms with Gasteiger partial charge in [-0.25, -0.2) is 9.18 Å². The Hall–Kier alpha value is -1.77. The van der Waals surface area contributed by atoms with Gasteiger partial charge in [-0.15, -0.1) is 0 Å². The maximum atomic E-state index is 13.7. The van der Waals surface area contributed by atoms with Crippen LogP contribution >= 0.6 is 0 Å². The van der Waals surface area contributed by atoms with Crippen LogP contribution in [0.25, 0.3) is 0 Å². The van der Waals surface area contributed by atoms with Crippen LogP contribution in [-0.2, 0) is 0 Å². The second-order valence-electron chi connectivity index (χ2n) is 4.34. The lowest BCUT2D eigenvalue weighted by Gasteiger charge is -2.33. The third kappa shape index (κ3) is 2.37. The third-order valence-electron chi connectivity index (χ3n) is 3.19. The average molecular weight is 271 g/mol. The molecule has 3 unspecified atom stereocenters. The Labute approximate surface area is 107 Å². The molecule has 1 aromatic heterocycles. The Balaban J connectivity index is 2.42. The van der Waals surface area contributed by atoms with Crippen molar-refractivity contribution in [3.05, 3.63) is 34.1 Å². The highest BCUT2D eigenvalue weighted by Gasteiger charge is 2.37. The number of rotatable bonds is 2. The van der Waals surface area contributed by atoms with Crippen molar-refractivity contribution in [1.82, 2.24) is 9.55 Å². The molecule has 0 aliphatic heterocycles. The van der Waals surface area contributed by atoms with E-state index in [-0.39, 0.29) is 17.8 Å². The highest BCUT2D eigenvalue weighted by Crippen LogP contribution is 2.33. The monoisotopic (exact) mass is 271 g/mol. The van der Waals surface area contributed by atoms with Gasteiger partial charge in [0.15, 0.2) is 0 Å². The second-order valence-corrected chi connectivity index (χ2v) is 4.34. The molecule has 0 saturated carbocycles. The number of halogens is 1. The first kappa shape index (κ1) is 13.7. The highest BCUT2D eigenvalue weighted by atomic mass is 19.1. The molecule has 3 atom stereocenters. The van der Waals surface area contributed by atoms with Crippen molar-refractivity contribution in [2.45, 2.75) is 24.7 Å². The molecule has 104 valence electrons. The molecule has 0 aromatic carbocycles. The van der Waals surface area contributed by atoms with Gasteiger partial charge < -0.3 is 21.1 Å². The van der Waals surface area contributed by atoms with Gasteiger partial charge in [-0.1, -0.05) is 0 Å². The summed E-state index contributed by atoms with van der Waals surface area (Å²) in [6.45, 7) is -0.689. The molecule has 5 N–H and O–H groups in total. The summed E-state index contributed by atoms with van der Waals surface area (Å²) in [4.78, 5) is 15.1. The smallest absolute Gasteiger partial charge is 0.349 e. The minimum Gasteiger partial charge on any atom is -0.392 e. The minimum atomic E-state index is -1.56. The van der Waals surface area contributed by atoms with E-state index < -0.39 is 36.4 Å². The molecule has 0 radical (unpaired) electrons. The Kier molecular flexibility index (Phi) is 3.65. The zero-order valence-corrected chi connectivity index (χ0v) is 9.90. The molecule has 7 nitrogen and oxygen atoms in total. The van der Waals surface area contributed by atoms with E-state index in [9.17, 15) is 19.4 Å². The normalized spacial score (nSPS) is 27.7. The van der Waals surface area contributed by atoms with Gasteiger partial charge in [0.05, 0.1) is 12.6 Å². The predicted octanol–water partition coefficient (Wildman–Crippen LogP) is -1.29. The lowest BCUT2D eigenvalue weighted by Crippen LogP contribution is -2.44. The van der Waals surface area contributed by atoms with Gasteiger partial charge in [0.25, 0.3) is 0 Å². The molecule has 0 amide bonds. The van der Waals surface area contributed by atoms with Crippen molar-refractivity contribution < 1.29 is 19.7 Å². The number of aliphatic hydroxyl groups is 3. The van der Waals surface area contributed by atoms with Crippen LogP contribution in [-0.4, -0.2) is 43.7 Å². The molecule has 0 saturated heterocycles. The Morgan fingerprint density at radius 2 is 2.21 bits per heavy atom. The first-order valence-corrected chi connectivity index (χ1v) is 5.64. The lowest BCUT2D eigenvalue weighted by molar-refractivity contribution is -0.0125. The Morgan fingerprint density at radius 3 is 2.79 bits per heavy atom. The average Bonchev–Trinajstić information content (AvgIpc) is 2.35. The first-order chi connectivity index (χ1) is 8.95. The number of hydrogen-bond donors (Lipinski definition) is 4. The quantitative estimate of drug-likeness (QED) is 0.531. The van der Waals surface area contributed by atoms with Crippen LogP contribution in [0.1, 0.15) is 12.5 Å². The van der Waals surface area contributed by atoms with E-state index in [1.54, 1.807) is 0 Å². The molecular weight excluding hydrogens is 257 g/mol. The van der Waals surface area contributed by atoms with Crippen molar-refractivity contribution >= 4 is 5.82 Å². The van der Waals surface area contributed by atoms with Crippen molar-refractivity contribution in [1.29, 1.82) is 0 Å². The van der Waals surface area contributed by atoms with Crippen LogP contribution in [0.2, 0.25) is 0 Å². The molecule has 0 fully saturated rings. The molecule has 1 aliphatic rings. The van der Waals surface area contributed by atoms with E-state index in [4.69, 9.17) is 10.8 Å². The molecule has 0 spiro atoms. The van der Waals surface area contributed by atoms with Crippen LogP contribution < -0.4 is 11.4 Å². The van der Waals surface area contributed by atoms with Gasteiger partial charge in [0.2, 0.25) is 0 Å². The number of aliphatic hydroxyl groups excluding tert-OH is 3. The number of nitrogens with zero attached hydrogens (tertiary/aromatic N) is 2. The van der Waals surface area contributed by atoms with E-state index in [0.717, 1.165) is 4.57 Å². The summed E-state index contributed by atoms with van der Waals surface area (Å²) in [6.07, 6.45) is -2.00. The fraction of sp³-hybridized carbons (Fsp3) is 0.455. The van der Waals surface area contributed by atoms with Crippen LogP contribution in [0, 0.1) is 0 Å². The van der Waals surface area contributed by atoms with Gasteiger partial charge in [0, 0.05) is 18.2 Å². The van der Waals surface area contributed by atoms with Gasteiger partial charge in [-0.3, -0.25) is 4.57 Å². The van der Waals surface area contributed by atoms with E-state index >= 15 is 0 Å². The van der Waals surface area contributed by atoms with Crippen LogP contribution in [0.15, 0.2) is 28.5 Å². The number of aromatic nitrogens is 2. The molecule has 19 heavy (non-hydrogen) atoms. The number of nitrogens with two attached hydrogens (primary N) is 1. The van der Waals surface area contributed by atoms with Crippen molar-refractivity contribution in [3.8, 4) is 0 Å². The highest BCUT2D eigenvalue weighted by molar-refractivity contribution is 5.25. The zero-order valence-electron chi connectivity index (χ0n) is 9.90. The molecule has 8 heteroatoms. The van der Waals surface area contributed by atoms with Crippen LogP contribution in [0.3, 0.4) is 0 Å². The topological polar surface area (TPSA) is 122 Å². The largest absolute Gasteiger partial charge is 0.392 e. The fourth-order valence-electron chi connectivity index (χ4n) is 2.13. The molecule has 0 bridgehead atoms. The van der Waals surface area contributed by atoms with Gasteiger partial charge >= 0.3 is 5.69 Å². The summed E-state index contributed by atoms with van der Waals surface area (Å²) in [5.74, 6) is -0.729. The number of nitrogen functional groups attached to an aromatic ring is 1. The van der Waals surface area contributed by atoms with Gasteiger partial charge in [-0.2, -0.15) is 4.98 Å². The number of allylic oxidation sites excluding steroid dienone is 1. The summed E-state index contributed by atoms with van der Waals surface area (Å²) in [5.41, 5.74) is 4.33. The molecular formula is C11H14FN3O4. The minimum absolute atomic E-state index is 0.0131. The van der Waals surface area contributed by atoms with E-state index in [2.05, 4.69) is 4.98 Å². The third-order valence-corrected chi connectivity index (χ3v) is 3.19. The van der Waals surface area contributed by atoms with E-state index in [0.29, 0.717) is 0 Å². The lowest BCUT2D eigenvalue weighted by atomic mass is 9.89. The Bertz CT molecular complexity index is 571. The van der Waals surface area contributed by atoms with E-state index in [1.807, 2.05) is 0 Å². The SMILES string of the molecule is Nc1ccn(C2CC(F)=C(CO)C(O)C2O)c(=O)n1. The second kappa shape index (κ2) is 5.08. The number of hydrogen-bond acceptors (Lipinski definition) is 6. The standard InChI is InChI=1S/C11H14FN3O4/c12-6-3-7(10(18)9(17)5(6)4-16)15-2-1-8(13)14-11(15)19/h1-2,7,9-10,16-18H,3-4H2,(H2,13,14,19). The van der Waals surface area contributed by atoms with Crippen molar-refractivity contribution in [3.63, 3.8) is 0 Å². The maximum Gasteiger partial charge on any atom is 0.349 e. The maximum absolute atomic E-state index is 13.7. The summed E-state index contributed by atoms with van der Waals surface area (Å²) in [7, 11) is 0. The Morgan fingerprint density at radius 1 is 1.53 bits per heavy atom. The van der Waals surface area contributed by atoms with Gasteiger partial charge in [-0.05, 0) is 6.07 Å². The van der Waals surface area contributed by atoms with Crippen LogP contribution in [0.4, 0.5) is 10.2 Å². The number of anilines is 1. The molecule has 1 heterocycles. The van der Waals surface area contributed by atoms with Gasteiger partial charge in [0.1, 0.15) is 23.9 Å². The first-order valence-electron chi connectivity index (χ1n) is 5.64. The fourth-order valence-corrected chi connectivity index (χ4v) is 2.13.